The molecule has 3 nitrogen and oxygen atoms in total. The molecule has 80 valence electrons. The predicted molar refractivity (Wildman–Crippen MR) is 61.1 cm³/mol. The largest absolute Gasteiger partial charge is 0.337 e. The zero-order valence-electron chi connectivity index (χ0n) is 8.53. The van der Waals surface area contributed by atoms with Crippen LogP contribution in [-0.2, 0) is 0 Å². The molecule has 0 saturated carbocycles. The maximum Gasteiger partial charge on any atom is 0.265 e. The molecular formula is C10H11ClN2OS. The number of nitrogens with zero attached hydrogens (tertiary/aromatic N) is 2. The van der Waals surface area contributed by atoms with E-state index >= 15 is 0 Å². The lowest BCUT2D eigenvalue weighted by molar-refractivity contribution is 0.0751. The van der Waals surface area contributed by atoms with Gasteiger partial charge in [0.15, 0.2) is 0 Å². The molecule has 0 bridgehead atoms. The van der Waals surface area contributed by atoms with Crippen LogP contribution in [0.25, 0.3) is 0 Å². The molecule has 0 aromatic carbocycles. The van der Waals surface area contributed by atoms with Crippen LogP contribution in [-0.4, -0.2) is 23.9 Å². The highest BCUT2D eigenvalue weighted by Crippen LogP contribution is 2.24. The fraction of sp³-hybridized carbons (Fsp3) is 0.400. The lowest BCUT2D eigenvalue weighted by Crippen LogP contribution is -2.34. The van der Waals surface area contributed by atoms with E-state index < -0.39 is 0 Å². The minimum Gasteiger partial charge on any atom is -0.337 e. The SMILES string of the molecule is CC(CC#N)N(C)C(=O)c1sccc1Cl. The van der Waals surface area contributed by atoms with Gasteiger partial charge in [-0.2, -0.15) is 5.26 Å². The van der Waals surface area contributed by atoms with Crippen LogP contribution in [0.4, 0.5) is 0 Å². The Hall–Kier alpha value is -1.05. The van der Waals surface area contributed by atoms with E-state index in [4.69, 9.17) is 16.9 Å². The quantitative estimate of drug-likeness (QED) is 0.818. The second-order valence-corrected chi connectivity index (χ2v) is 4.55. The van der Waals surface area contributed by atoms with Crippen molar-refractivity contribution in [3.05, 3.63) is 21.3 Å². The second-order valence-electron chi connectivity index (χ2n) is 3.22. The van der Waals surface area contributed by atoms with E-state index in [9.17, 15) is 4.79 Å². The second kappa shape index (κ2) is 5.15. The molecule has 0 saturated heterocycles. The number of hydrogen-bond acceptors (Lipinski definition) is 3. The van der Waals surface area contributed by atoms with Gasteiger partial charge >= 0.3 is 0 Å². The van der Waals surface area contributed by atoms with Gasteiger partial charge < -0.3 is 4.90 Å². The summed E-state index contributed by atoms with van der Waals surface area (Å²) in [7, 11) is 1.68. The van der Waals surface area contributed by atoms with Gasteiger partial charge in [0.1, 0.15) is 4.88 Å². The molecule has 0 aliphatic carbocycles. The normalized spacial score (nSPS) is 11.9. The Morgan fingerprint density at radius 1 is 1.80 bits per heavy atom. The Morgan fingerprint density at radius 3 is 2.93 bits per heavy atom. The summed E-state index contributed by atoms with van der Waals surface area (Å²) in [6.45, 7) is 1.84. The van der Waals surface area contributed by atoms with E-state index in [1.807, 2.05) is 13.0 Å². The van der Waals surface area contributed by atoms with Crippen LogP contribution < -0.4 is 0 Å². The van der Waals surface area contributed by atoms with E-state index in [0.29, 0.717) is 16.3 Å². The van der Waals surface area contributed by atoms with E-state index in [2.05, 4.69) is 0 Å². The third-order valence-corrected chi connectivity index (χ3v) is 3.51. The first-order valence-corrected chi connectivity index (χ1v) is 5.70. The molecule has 1 aromatic heterocycles. The fourth-order valence-corrected chi connectivity index (χ4v) is 2.19. The number of carbonyl (C=O) groups is 1. The summed E-state index contributed by atoms with van der Waals surface area (Å²) < 4.78 is 0. The van der Waals surface area contributed by atoms with Crippen LogP contribution in [0.1, 0.15) is 23.0 Å². The Balaban J connectivity index is 2.78. The Morgan fingerprint density at radius 2 is 2.47 bits per heavy atom. The Kier molecular flexibility index (Phi) is 4.13. The van der Waals surface area contributed by atoms with Gasteiger partial charge in [0.05, 0.1) is 17.5 Å². The first-order valence-electron chi connectivity index (χ1n) is 4.45. The smallest absolute Gasteiger partial charge is 0.265 e. The number of rotatable bonds is 3. The average Bonchev–Trinajstić information content (AvgIpc) is 2.62. The van der Waals surface area contributed by atoms with Gasteiger partial charge in [-0.25, -0.2) is 0 Å². The topological polar surface area (TPSA) is 44.1 Å². The summed E-state index contributed by atoms with van der Waals surface area (Å²) in [5.41, 5.74) is 0. The maximum atomic E-state index is 11.9. The molecule has 1 heterocycles. The number of amides is 1. The standard InChI is InChI=1S/C10H11ClN2OS/c1-7(3-5-12)13(2)10(14)9-8(11)4-6-15-9/h4,6-7H,3H2,1-2H3. The van der Waals surface area contributed by atoms with Gasteiger partial charge in [-0.1, -0.05) is 11.6 Å². The van der Waals surface area contributed by atoms with Crippen molar-refractivity contribution in [2.24, 2.45) is 0 Å². The summed E-state index contributed by atoms with van der Waals surface area (Å²) in [5, 5.41) is 10.8. The van der Waals surface area contributed by atoms with Crippen molar-refractivity contribution in [3.8, 4) is 6.07 Å². The van der Waals surface area contributed by atoms with Crippen molar-refractivity contribution < 1.29 is 4.79 Å². The van der Waals surface area contributed by atoms with Crippen LogP contribution in [0.2, 0.25) is 5.02 Å². The third-order valence-electron chi connectivity index (χ3n) is 2.18. The van der Waals surface area contributed by atoms with Crippen LogP contribution in [0.5, 0.6) is 0 Å². The summed E-state index contributed by atoms with van der Waals surface area (Å²) in [6, 6.07) is 3.64. The summed E-state index contributed by atoms with van der Waals surface area (Å²) >= 11 is 7.17. The van der Waals surface area contributed by atoms with E-state index in [-0.39, 0.29) is 11.9 Å². The van der Waals surface area contributed by atoms with Gasteiger partial charge in [-0.05, 0) is 18.4 Å². The maximum absolute atomic E-state index is 11.9. The molecule has 0 radical (unpaired) electrons. The lowest BCUT2D eigenvalue weighted by Gasteiger charge is -2.22. The third kappa shape index (κ3) is 2.71. The molecule has 15 heavy (non-hydrogen) atoms. The molecule has 1 rings (SSSR count). The summed E-state index contributed by atoms with van der Waals surface area (Å²) in [6.07, 6.45) is 0.325. The molecule has 0 aliphatic rings. The van der Waals surface area contributed by atoms with Crippen molar-refractivity contribution in [2.75, 3.05) is 7.05 Å². The number of carbonyl (C=O) groups excluding carboxylic acids is 1. The zero-order chi connectivity index (χ0) is 11.4. The Bertz CT molecular complexity index is 396. The van der Waals surface area contributed by atoms with Crippen molar-refractivity contribution in [3.63, 3.8) is 0 Å². The van der Waals surface area contributed by atoms with Crippen molar-refractivity contribution in [2.45, 2.75) is 19.4 Å². The van der Waals surface area contributed by atoms with Crippen LogP contribution in [0, 0.1) is 11.3 Å². The van der Waals surface area contributed by atoms with Crippen LogP contribution in [0.3, 0.4) is 0 Å². The molecule has 5 heteroatoms. The molecule has 0 aliphatic heterocycles. The van der Waals surface area contributed by atoms with Gasteiger partial charge in [-0.3, -0.25) is 4.79 Å². The van der Waals surface area contributed by atoms with E-state index in [1.54, 1.807) is 23.4 Å². The number of thiophene rings is 1. The molecule has 0 N–H and O–H groups in total. The highest BCUT2D eigenvalue weighted by molar-refractivity contribution is 7.12. The van der Waals surface area contributed by atoms with Gasteiger partial charge in [0, 0.05) is 13.1 Å². The molecule has 1 atom stereocenters. The minimum atomic E-state index is -0.127. The molecule has 1 amide bonds. The predicted octanol–water partition coefficient (Wildman–Crippen LogP) is 2.78. The number of nitriles is 1. The fourth-order valence-electron chi connectivity index (χ4n) is 1.08. The van der Waals surface area contributed by atoms with Crippen molar-refractivity contribution >= 4 is 28.8 Å². The first-order chi connectivity index (χ1) is 7.07. The molecule has 0 spiro atoms. The average molecular weight is 243 g/mol. The summed E-state index contributed by atoms with van der Waals surface area (Å²) in [4.78, 5) is 14.0. The number of hydrogen-bond donors (Lipinski definition) is 0. The minimum absolute atomic E-state index is 0.0966. The van der Waals surface area contributed by atoms with Gasteiger partial charge in [0.25, 0.3) is 5.91 Å². The highest BCUT2D eigenvalue weighted by atomic mass is 35.5. The van der Waals surface area contributed by atoms with Gasteiger partial charge in [0.2, 0.25) is 0 Å². The first kappa shape index (κ1) is 12.0. The van der Waals surface area contributed by atoms with Crippen LogP contribution in [0.15, 0.2) is 11.4 Å². The molecule has 1 aromatic rings. The zero-order valence-corrected chi connectivity index (χ0v) is 10.1. The van der Waals surface area contributed by atoms with Crippen molar-refractivity contribution in [1.29, 1.82) is 5.26 Å². The Labute approximate surface area is 97.9 Å². The number of halogens is 1. The van der Waals surface area contributed by atoms with E-state index in [1.165, 1.54) is 11.3 Å². The van der Waals surface area contributed by atoms with E-state index in [0.717, 1.165) is 0 Å². The highest BCUT2D eigenvalue weighted by Gasteiger charge is 2.20. The van der Waals surface area contributed by atoms with Crippen LogP contribution >= 0.6 is 22.9 Å². The van der Waals surface area contributed by atoms with Crippen molar-refractivity contribution in [1.82, 2.24) is 4.90 Å². The molecule has 0 fully saturated rings. The summed E-state index contributed by atoms with van der Waals surface area (Å²) in [5.74, 6) is -0.127. The molecule has 1 unspecified atom stereocenters. The monoisotopic (exact) mass is 242 g/mol. The van der Waals surface area contributed by atoms with Gasteiger partial charge in [-0.15, -0.1) is 11.3 Å². The molecular weight excluding hydrogens is 232 g/mol. The lowest BCUT2D eigenvalue weighted by atomic mass is 10.2.